The van der Waals surface area contributed by atoms with Crippen LogP contribution in [0.15, 0.2) is 72.8 Å². The second kappa shape index (κ2) is 12.3. The van der Waals surface area contributed by atoms with Crippen LogP contribution in [0.25, 0.3) is 11.6 Å². The number of rotatable bonds is 9. The summed E-state index contributed by atoms with van der Waals surface area (Å²) in [6.45, 7) is 6.65. The molecule has 0 aromatic heterocycles. The van der Waals surface area contributed by atoms with Crippen molar-refractivity contribution in [2.45, 2.75) is 51.9 Å². The largest absolute Gasteiger partial charge is 0.492 e. The first kappa shape index (κ1) is 24.6. The second-order valence-electron chi connectivity index (χ2n) is 9.41. The normalized spacial score (nSPS) is 14.4. The highest BCUT2D eigenvalue weighted by molar-refractivity contribution is 5.90. The van der Waals surface area contributed by atoms with Crippen LogP contribution in [0.3, 0.4) is 0 Å². The van der Waals surface area contributed by atoms with Crippen molar-refractivity contribution in [1.82, 2.24) is 0 Å². The lowest BCUT2D eigenvalue weighted by Crippen LogP contribution is -2.28. The zero-order valence-corrected chi connectivity index (χ0v) is 21.0. The molecule has 0 N–H and O–H groups in total. The van der Waals surface area contributed by atoms with Crippen LogP contribution in [0.1, 0.15) is 67.2 Å². The molecule has 1 fully saturated rings. The van der Waals surface area contributed by atoms with Crippen molar-refractivity contribution in [3.8, 4) is 11.8 Å². The number of benzene rings is 3. The van der Waals surface area contributed by atoms with Crippen LogP contribution in [-0.4, -0.2) is 19.7 Å². The van der Waals surface area contributed by atoms with Gasteiger partial charge in [0.05, 0.1) is 18.2 Å². The first-order chi connectivity index (χ1) is 17.2. The SMILES string of the molecule is CCN(CCOc1ccc(C2CCCCC2)cc1)c1ccc(/C=C(\C#N)c2ccccc2)c(C)c1. The first-order valence-electron chi connectivity index (χ1n) is 12.9. The summed E-state index contributed by atoms with van der Waals surface area (Å²) in [6, 6.07) is 27.4. The highest BCUT2D eigenvalue weighted by Gasteiger charge is 2.15. The lowest BCUT2D eigenvalue weighted by molar-refractivity contribution is 0.324. The molecule has 0 bridgehead atoms. The second-order valence-corrected chi connectivity index (χ2v) is 9.41. The van der Waals surface area contributed by atoms with Crippen molar-refractivity contribution < 1.29 is 4.74 Å². The fourth-order valence-corrected chi connectivity index (χ4v) is 4.99. The third kappa shape index (κ3) is 6.55. The van der Waals surface area contributed by atoms with Gasteiger partial charge >= 0.3 is 0 Å². The summed E-state index contributed by atoms with van der Waals surface area (Å²) >= 11 is 0. The van der Waals surface area contributed by atoms with E-state index in [1.807, 2.05) is 36.4 Å². The van der Waals surface area contributed by atoms with Crippen molar-refractivity contribution in [2.75, 3.05) is 24.6 Å². The minimum atomic E-state index is 0.643. The van der Waals surface area contributed by atoms with E-state index in [1.54, 1.807) is 0 Å². The molecule has 0 atom stereocenters. The monoisotopic (exact) mass is 464 g/mol. The molecule has 35 heavy (non-hydrogen) atoms. The predicted molar refractivity (Wildman–Crippen MR) is 147 cm³/mol. The Morgan fingerprint density at radius 2 is 1.74 bits per heavy atom. The van der Waals surface area contributed by atoms with E-state index < -0.39 is 0 Å². The molecule has 0 heterocycles. The van der Waals surface area contributed by atoms with Gasteiger partial charge in [0, 0.05) is 12.2 Å². The number of hydrogen-bond donors (Lipinski definition) is 0. The van der Waals surface area contributed by atoms with Crippen molar-refractivity contribution >= 4 is 17.3 Å². The van der Waals surface area contributed by atoms with E-state index in [2.05, 4.69) is 67.3 Å². The maximum absolute atomic E-state index is 9.64. The van der Waals surface area contributed by atoms with Crippen LogP contribution in [-0.2, 0) is 0 Å². The summed E-state index contributed by atoms with van der Waals surface area (Å²) in [7, 11) is 0. The number of hydrogen-bond acceptors (Lipinski definition) is 3. The van der Waals surface area contributed by atoms with Gasteiger partial charge in [-0.1, -0.05) is 67.8 Å². The summed E-state index contributed by atoms with van der Waals surface area (Å²) < 4.78 is 6.09. The Kier molecular flexibility index (Phi) is 8.63. The minimum Gasteiger partial charge on any atom is -0.492 e. The van der Waals surface area contributed by atoms with Crippen LogP contribution in [0, 0.1) is 18.3 Å². The molecule has 0 unspecified atom stereocenters. The third-order valence-electron chi connectivity index (χ3n) is 7.09. The molecular weight excluding hydrogens is 428 g/mol. The molecule has 3 aromatic rings. The van der Waals surface area contributed by atoms with Crippen LogP contribution in [0.5, 0.6) is 5.75 Å². The molecule has 1 aliphatic rings. The van der Waals surface area contributed by atoms with Crippen molar-refractivity contribution in [3.05, 3.63) is 95.1 Å². The molecule has 180 valence electrons. The summed E-state index contributed by atoms with van der Waals surface area (Å²) in [5.41, 5.74) is 6.48. The molecule has 0 radical (unpaired) electrons. The summed E-state index contributed by atoms with van der Waals surface area (Å²) in [6.07, 6.45) is 8.73. The highest BCUT2D eigenvalue weighted by Crippen LogP contribution is 2.33. The van der Waals surface area contributed by atoms with Crippen LogP contribution in [0.4, 0.5) is 5.69 Å². The quantitative estimate of drug-likeness (QED) is 0.238. The average molecular weight is 465 g/mol. The maximum Gasteiger partial charge on any atom is 0.119 e. The molecule has 0 amide bonds. The Balaban J connectivity index is 1.36. The molecule has 3 aromatic carbocycles. The lowest BCUT2D eigenvalue weighted by Gasteiger charge is -2.24. The Morgan fingerprint density at radius 3 is 2.40 bits per heavy atom. The Hall–Kier alpha value is -3.51. The fraction of sp³-hybridized carbons (Fsp3) is 0.344. The molecule has 3 heteroatoms. The molecule has 3 nitrogen and oxygen atoms in total. The number of aryl methyl sites for hydroxylation is 1. The van der Waals surface area contributed by atoms with Crippen LogP contribution < -0.4 is 9.64 Å². The average Bonchev–Trinajstić information content (AvgIpc) is 2.92. The van der Waals surface area contributed by atoms with Gasteiger partial charge in [-0.2, -0.15) is 5.26 Å². The minimum absolute atomic E-state index is 0.643. The molecule has 4 rings (SSSR count). The molecule has 0 spiro atoms. The van der Waals surface area contributed by atoms with Crippen LogP contribution in [0.2, 0.25) is 0 Å². The molecule has 1 saturated carbocycles. The van der Waals surface area contributed by atoms with Crippen molar-refractivity contribution in [3.63, 3.8) is 0 Å². The number of nitriles is 1. The number of allylic oxidation sites excluding steroid dienone is 1. The van der Waals surface area contributed by atoms with Crippen molar-refractivity contribution in [1.29, 1.82) is 5.26 Å². The third-order valence-corrected chi connectivity index (χ3v) is 7.09. The highest BCUT2D eigenvalue weighted by atomic mass is 16.5. The summed E-state index contributed by atoms with van der Waals surface area (Å²) in [5, 5.41) is 9.64. The van der Waals surface area contributed by atoms with E-state index in [0.717, 1.165) is 41.4 Å². The van der Waals surface area contributed by atoms with E-state index in [-0.39, 0.29) is 0 Å². The Morgan fingerprint density at radius 1 is 1.00 bits per heavy atom. The Bertz CT molecular complexity index is 1150. The first-order valence-corrected chi connectivity index (χ1v) is 12.9. The van der Waals surface area contributed by atoms with Crippen LogP contribution >= 0.6 is 0 Å². The van der Waals surface area contributed by atoms with E-state index >= 15 is 0 Å². The van der Waals surface area contributed by atoms with E-state index in [1.165, 1.54) is 43.4 Å². The number of likely N-dealkylation sites (N-methyl/N-ethyl adjacent to an activating group) is 1. The van der Waals surface area contributed by atoms with Gasteiger partial charge in [0.15, 0.2) is 0 Å². The summed E-state index contributed by atoms with van der Waals surface area (Å²) in [4.78, 5) is 2.33. The fourth-order valence-electron chi connectivity index (χ4n) is 4.99. The van der Waals surface area contributed by atoms with E-state index in [9.17, 15) is 5.26 Å². The smallest absolute Gasteiger partial charge is 0.119 e. The number of anilines is 1. The van der Waals surface area contributed by atoms with Gasteiger partial charge in [-0.25, -0.2) is 0 Å². The number of nitrogens with zero attached hydrogens (tertiary/aromatic N) is 2. The van der Waals surface area contributed by atoms with Gasteiger partial charge in [0.1, 0.15) is 12.4 Å². The maximum atomic E-state index is 9.64. The molecule has 0 saturated heterocycles. The van der Waals surface area contributed by atoms with E-state index in [4.69, 9.17) is 4.74 Å². The zero-order valence-electron chi connectivity index (χ0n) is 21.0. The van der Waals surface area contributed by atoms with Gasteiger partial charge in [0.25, 0.3) is 0 Å². The zero-order chi connectivity index (χ0) is 24.5. The van der Waals surface area contributed by atoms with Gasteiger partial charge in [-0.15, -0.1) is 0 Å². The predicted octanol–water partition coefficient (Wildman–Crippen LogP) is 8.01. The van der Waals surface area contributed by atoms with E-state index in [0.29, 0.717) is 12.2 Å². The molecule has 1 aliphatic carbocycles. The van der Waals surface area contributed by atoms with Gasteiger partial charge < -0.3 is 9.64 Å². The van der Waals surface area contributed by atoms with Gasteiger partial charge in [0.2, 0.25) is 0 Å². The molecular formula is C32H36N2O. The molecule has 0 aliphatic heterocycles. The Labute approximate surface area is 210 Å². The summed E-state index contributed by atoms with van der Waals surface area (Å²) in [5.74, 6) is 1.67. The number of ether oxygens (including phenoxy) is 1. The lowest BCUT2D eigenvalue weighted by atomic mass is 9.84. The topological polar surface area (TPSA) is 36.3 Å². The van der Waals surface area contributed by atoms with Gasteiger partial charge in [-0.3, -0.25) is 0 Å². The standard InChI is InChI=1S/C32H36N2O/c1-3-34(20-21-35-32-18-15-28(16-19-32)26-10-6-4-7-11-26)31-17-14-29(25(2)22-31)23-30(24-33)27-12-8-5-9-13-27/h5,8-9,12-19,22-23,26H,3-4,6-7,10-11,20-21H2,1-2H3/b30-23+. The van der Waals surface area contributed by atoms with Crippen molar-refractivity contribution in [2.24, 2.45) is 0 Å². The van der Waals surface area contributed by atoms with Gasteiger partial charge in [-0.05, 0) is 85.2 Å².